The molecule has 0 saturated carbocycles. The highest BCUT2D eigenvalue weighted by Crippen LogP contribution is 2.27. The van der Waals surface area contributed by atoms with Crippen LogP contribution in [-0.2, 0) is 24.6 Å². The van der Waals surface area contributed by atoms with Crippen LogP contribution >= 0.6 is 0 Å². The Morgan fingerprint density at radius 1 is 1.27 bits per heavy atom. The summed E-state index contributed by atoms with van der Waals surface area (Å²) in [5.74, 6) is -0.190. The summed E-state index contributed by atoms with van der Waals surface area (Å²) in [5, 5.41) is 6.39. The third-order valence-corrected chi connectivity index (χ3v) is 6.08. The molecule has 214 valence electrons. The normalized spacial score (nSPS) is 13.4. The summed E-state index contributed by atoms with van der Waals surface area (Å²) in [6, 6.07) is 2.59. The van der Waals surface area contributed by atoms with Crippen molar-refractivity contribution < 1.29 is 22.5 Å². The van der Waals surface area contributed by atoms with Gasteiger partial charge in [0.1, 0.15) is 23.2 Å². The molecule has 16 heteroatoms. The fourth-order valence-electron chi connectivity index (χ4n) is 3.93. The molecule has 4 rings (SSSR count). The minimum Gasteiger partial charge on any atom is -0.361 e. The zero-order valence-corrected chi connectivity index (χ0v) is 22.3. The number of fused-ring (bicyclic) bond motifs is 1. The van der Waals surface area contributed by atoms with Crippen molar-refractivity contribution in [3.63, 3.8) is 0 Å². The van der Waals surface area contributed by atoms with Gasteiger partial charge in [-0.25, -0.2) is 14.8 Å². The largest absolute Gasteiger partial charge is 0.433 e. The Morgan fingerprint density at radius 3 is 2.59 bits per heavy atom. The van der Waals surface area contributed by atoms with E-state index in [2.05, 4.69) is 37.1 Å². The second kappa shape index (κ2) is 11.1. The van der Waals surface area contributed by atoms with Gasteiger partial charge in [-0.05, 0) is 39.6 Å². The van der Waals surface area contributed by atoms with Crippen molar-refractivity contribution in [3.05, 3.63) is 86.3 Å². The maximum Gasteiger partial charge on any atom is 0.433 e. The predicted octanol–water partition coefficient (Wildman–Crippen LogP) is 2.34. The number of rotatable bonds is 8. The number of hydrogen-bond acceptors (Lipinski definition) is 9. The number of aromatic nitrogens is 6. The molecule has 0 unspecified atom stereocenters. The van der Waals surface area contributed by atoms with E-state index in [4.69, 9.17) is 4.52 Å². The van der Waals surface area contributed by atoms with Gasteiger partial charge in [-0.2, -0.15) is 13.2 Å². The zero-order chi connectivity index (χ0) is 30.1. The Balaban J connectivity index is 1.63. The summed E-state index contributed by atoms with van der Waals surface area (Å²) in [7, 11) is 1.45. The number of nitrogens with one attached hydrogen (secondary N) is 1. The molecule has 0 fully saturated rings. The van der Waals surface area contributed by atoms with Gasteiger partial charge in [-0.1, -0.05) is 5.16 Å². The summed E-state index contributed by atoms with van der Waals surface area (Å²) in [6.07, 6.45) is -1.17. The molecule has 0 radical (unpaired) electrons. The van der Waals surface area contributed by atoms with E-state index in [0.717, 1.165) is 23.0 Å². The van der Waals surface area contributed by atoms with E-state index in [1.807, 2.05) is 0 Å². The molecule has 1 amide bonds. The van der Waals surface area contributed by atoms with Crippen molar-refractivity contribution in [1.82, 2.24) is 34.1 Å². The van der Waals surface area contributed by atoms with Gasteiger partial charge >= 0.3 is 11.9 Å². The van der Waals surface area contributed by atoms with Crippen molar-refractivity contribution in [2.45, 2.75) is 39.5 Å². The first-order valence-electron chi connectivity index (χ1n) is 12.0. The summed E-state index contributed by atoms with van der Waals surface area (Å²) >= 11 is 0. The van der Waals surface area contributed by atoms with E-state index >= 15 is 0 Å². The lowest BCUT2D eigenvalue weighted by Gasteiger charge is -2.15. The van der Waals surface area contributed by atoms with Crippen LogP contribution in [-0.4, -0.2) is 47.2 Å². The molecule has 4 heterocycles. The number of halogens is 3. The predicted molar refractivity (Wildman–Crippen MR) is 142 cm³/mol. The third kappa shape index (κ3) is 5.90. The first-order valence-corrected chi connectivity index (χ1v) is 12.0. The lowest BCUT2D eigenvalue weighted by molar-refractivity contribution is -0.141. The van der Waals surface area contributed by atoms with Crippen LogP contribution in [0.2, 0.25) is 0 Å². The van der Waals surface area contributed by atoms with Gasteiger partial charge in [-0.3, -0.25) is 28.7 Å². The van der Waals surface area contributed by atoms with Gasteiger partial charge in [0.05, 0.1) is 19.1 Å². The lowest BCUT2D eigenvalue weighted by atomic mass is 10.2. The molecule has 4 aromatic heterocycles. The molecule has 0 aromatic carbocycles. The Bertz CT molecular complexity index is 1810. The second-order valence-electron chi connectivity index (χ2n) is 8.98. The van der Waals surface area contributed by atoms with E-state index < -0.39 is 35.1 Å². The maximum atomic E-state index is 13.4. The smallest absolute Gasteiger partial charge is 0.361 e. The van der Waals surface area contributed by atoms with E-state index in [0.29, 0.717) is 11.5 Å². The Morgan fingerprint density at radius 2 is 2.00 bits per heavy atom. The number of amides is 1. The van der Waals surface area contributed by atoms with Crippen LogP contribution in [0.15, 0.2) is 66.8 Å². The van der Waals surface area contributed by atoms with Crippen LogP contribution in [0.4, 0.5) is 13.2 Å². The number of aryl methyl sites for hydroxylation is 2. The second-order valence-corrected chi connectivity index (χ2v) is 8.98. The summed E-state index contributed by atoms with van der Waals surface area (Å²) < 4.78 is 47.0. The van der Waals surface area contributed by atoms with E-state index in [-0.39, 0.29) is 34.8 Å². The number of imidazole rings is 1. The van der Waals surface area contributed by atoms with Crippen LogP contribution in [0, 0.1) is 6.92 Å². The van der Waals surface area contributed by atoms with Crippen LogP contribution in [0.25, 0.3) is 11.2 Å². The average Bonchev–Trinajstić information content (AvgIpc) is 3.55. The summed E-state index contributed by atoms with van der Waals surface area (Å²) in [6.45, 7) is 7.88. The Hall–Kier alpha value is -5.15. The van der Waals surface area contributed by atoms with Crippen molar-refractivity contribution in [2.75, 3.05) is 0 Å². The monoisotopic (exact) mass is 571 g/mol. The van der Waals surface area contributed by atoms with Crippen molar-refractivity contribution in [1.29, 1.82) is 0 Å². The van der Waals surface area contributed by atoms with E-state index in [1.54, 1.807) is 13.0 Å². The molecule has 1 N–H and O–H groups in total. The number of aliphatic imine (C=N–C) groups is 2. The van der Waals surface area contributed by atoms with Crippen LogP contribution in [0.5, 0.6) is 0 Å². The van der Waals surface area contributed by atoms with Crippen molar-refractivity contribution in [3.8, 4) is 0 Å². The van der Waals surface area contributed by atoms with Gasteiger partial charge in [-0.15, -0.1) is 0 Å². The summed E-state index contributed by atoms with van der Waals surface area (Å²) in [4.78, 5) is 54.9. The number of hydrogen-bond donors (Lipinski definition) is 1. The van der Waals surface area contributed by atoms with Crippen molar-refractivity contribution >= 4 is 29.5 Å². The number of carbonyl (C=O) groups is 1. The highest BCUT2D eigenvalue weighted by atomic mass is 19.4. The number of pyridine rings is 1. The standard InChI is InChI=1S/C25H24F3N9O4/c1-13-8-17(34-41-13)11-36-23(39)20-21(35(5)24(36)40)31-12-37(20)15(3)22(38)33-19(10-29-4)32-14(2)16-6-7-18(30-9-16)25(26,27)28/h6-10,12,15H,4,11H2,1-3,5H3,(H,33,38)/b19-10+,32-14+/t15-/m0/s1. The molecule has 4 aromatic rings. The van der Waals surface area contributed by atoms with Crippen LogP contribution in [0.1, 0.15) is 42.6 Å². The quantitative estimate of drug-likeness (QED) is 0.318. The van der Waals surface area contributed by atoms with Gasteiger partial charge in [0.25, 0.3) is 5.56 Å². The molecule has 0 bridgehead atoms. The number of nitrogens with zero attached hydrogens (tertiary/aromatic N) is 8. The third-order valence-electron chi connectivity index (χ3n) is 6.08. The molecule has 41 heavy (non-hydrogen) atoms. The Labute approximate surface area is 229 Å². The minimum atomic E-state index is -4.59. The molecular weight excluding hydrogens is 547 g/mol. The molecule has 0 saturated heterocycles. The van der Waals surface area contributed by atoms with Crippen LogP contribution in [0.3, 0.4) is 0 Å². The van der Waals surface area contributed by atoms with Crippen LogP contribution < -0.4 is 16.6 Å². The molecule has 0 aliphatic carbocycles. The molecular formula is C25H24F3N9O4. The molecule has 0 spiro atoms. The highest BCUT2D eigenvalue weighted by Gasteiger charge is 2.32. The van der Waals surface area contributed by atoms with Gasteiger partial charge in [0.15, 0.2) is 17.0 Å². The fraction of sp³-hybridized carbons (Fsp3) is 0.280. The number of carbonyl (C=O) groups excluding carboxylic acids is 1. The lowest BCUT2D eigenvalue weighted by Crippen LogP contribution is -2.40. The van der Waals surface area contributed by atoms with E-state index in [1.165, 1.54) is 42.4 Å². The zero-order valence-electron chi connectivity index (χ0n) is 22.3. The van der Waals surface area contributed by atoms with E-state index in [9.17, 15) is 27.6 Å². The van der Waals surface area contributed by atoms with Gasteiger partial charge in [0, 0.05) is 30.6 Å². The first kappa shape index (κ1) is 28.8. The first-order chi connectivity index (χ1) is 19.3. The SMILES string of the molecule is C=N/C=C(\N=C(/C)c1ccc(C(F)(F)F)nc1)NC(=O)[C@H](C)n1cnc2c1c(=O)n(Cc1cc(C)on1)c(=O)n2C. The molecule has 0 aliphatic rings. The van der Waals surface area contributed by atoms with Gasteiger partial charge < -0.3 is 14.4 Å². The highest BCUT2D eigenvalue weighted by molar-refractivity contribution is 5.99. The molecule has 13 nitrogen and oxygen atoms in total. The number of alkyl halides is 3. The minimum absolute atomic E-state index is 0.00199. The van der Waals surface area contributed by atoms with Crippen molar-refractivity contribution in [2.24, 2.45) is 17.0 Å². The fourth-order valence-corrected chi connectivity index (χ4v) is 3.93. The topological polar surface area (TPSA) is 155 Å². The molecule has 0 aliphatic heterocycles. The molecule has 1 atom stereocenters. The maximum absolute atomic E-state index is 13.4. The van der Waals surface area contributed by atoms with Gasteiger partial charge in [0.2, 0.25) is 5.91 Å². The summed E-state index contributed by atoms with van der Waals surface area (Å²) in [5.41, 5.74) is -1.43. The average molecular weight is 572 g/mol. The Kier molecular flexibility index (Phi) is 7.84.